The summed E-state index contributed by atoms with van der Waals surface area (Å²) in [5.74, 6) is 4.12. The first kappa shape index (κ1) is 13.1. The Labute approximate surface area is 97.4 Å². The molecule has 0 aromatic rings. The second-order valence-electron chi connectivity index (χ2n) is 4.57. The van der Waals surface area contributed by atoms with Crippen LogP contribution in [0.2, 0.25) is 0 Å². The normalized spacial score (nSPS) is 17.9. The van der Waals surface area contributed by atoms with Crippen LogP contribution in [0.1, 0.15) is 58.3 Å². The first-order valence-electron chi connectivity index (χ1n) is 6.48. The molecule has 1 fully saturated rings. The zero-order valence-electron chi connectivity index (χ0n) is 10.1. The van der Waals surface area contributed by atoms with Gasteiger partial charge in [0.25, 0.3) is 0 Å². The molecule has 1 aliphatic heterocycles. The number of unbranched alkanes of at least 4 members (excludes halogenated alkanes) is 3. The van der Waals surface area contributed by atoms with E-state index in [2.05, 4.69) is 6.92 Å². The van der Waals surface area contributed by atoms with Gasteiger partial charge in [0.2, 0.25) is 0 Å². The van der Waals surface area contributed by atoms with Crippen LogP contribution in [-0.4, -0.2) is 23.0 Å². The summed E-state index contributed by atoms with van der Waals surface area (Å²) in [6.07, 6.45) is 9.91. The molecule has 0 unspecified atom stereocenters. The molecule has 0 aromatic heterocycles. The third-order valence-corrected chi connectivity index (χ3v) is 5.50. The van der Waals surface area contributed by atoms with Crippen LogP contribution in [-0.2, 0) is 15.7 Å². The maximum absolute atomic E-state index is 11.7. The van der Waals surface area contributed by atoms with Crippen LogP contribution in [0.25, 0.3) is 0 Å². The quantitative estimate of drug-likeness (QED) is 0.483. The highest BCUT2D eigenvalue weighted by molar-refractivity contribution is 7.97. The lowest BCUT2D eigenvalue weighted by molar-refractivity contribution is -0.116. The lowest BCUT2D eigenvalue weighted by atomic mass is 10.1. The molecule has 0 aliphatic carbocycles. The maximum Gasteiger partial charge on any atom is 0.181 e. The Hall–Kier alpha value is 0.0200. The summed E-state index contributed by atoms with van der Waals surface area (Å²) in [6.45, 7) is 2.21. The molecule has 0 amide bonds. The molecule has 0 saturated carbocycles. The molecular formula is C13H25OS+. The Morgan fingerprint density at radius 2 is 1.80 bits per heavy atom. The van der Waals surface area contributed by atoms with Crippen molar-refractivity contribution in [1.82, 2.24) is 0 Å². The molecule has 2 heteroatoms. The van der Waals surface area contributed by atoms with Crippen LogP contribution in [0, 0.1) is 0 Å². The number of rotatable bonds is 7. The summed E-state index contributed by atoms with van der Waals surface area (Å²) in [7, 11) is 0.469. The van der Waals surface area contributed by atoms with Gasteiger partial charge in [-0.25, -0.2) is 0 Å². The molecule has 0 spiro atoms. The van der Waals surface area contributed by atoms with Gasteiger partial charge in [-0.1, -0.05) is 26.2 Å². The number of carbonyl (C=O) groups is 1. The second kappa shape index (κ2) is 8.20. The van der Waals surface area contributed by atoms with Gasteiger partial charge in [0.1, 0.15) is 11.5 Å². The molecule has 0 radical (unpaired) electrons. The average molecular weight is 229 g/mol. The van der Waals surface area contributed by atoms with E-state index in [0.717, 1.165) is 18.6 Å². The molecule has 1 saturated heterocycles. The molecule has 0 N–H and O–H groups in total. The van der Waals surface area contributed by atoms with Crippen LogP contribution in [0.3, 0.4) is 0 Å². The van der Waals surface area contributed by atoms with Crippen molar-refractivity contribution < 1.29 is 4.79 Å². The van der Waals surface area contributed by atoms with Gasteiger partial charge in [-0.05, 0) is 36.6 Å². The van der Waals surface area contributed by atoms with E-state index in [1.54, 1.807) is 0 Å². The Kier molecular flexibility index (Phi) is 7.16. The Morgan fingerprint density at radius 3 is 2.47 bits per heavy atom. The van der Waals surface area contributed by atoms with Gasteiger partial charge >= 0.3 is 0 Å². The largest absolute Gasteiger partial charge is 0.294 e. The topological polar surface area (TPSA) is 17.1 Å². The summed E-state index contributed by atoms with van der Waals surface area (Å²) in [6, 6.07) is 0. The summed E-state index contributed by atoms with van der Waals surface area (Å²) in [5.41, 5.74) is 0. The van der Waals surface area contributed by atoms with E-state index in [1.807, 2.05) is 0 Å². The van der Waals surface area contributed by atoms with Crippen LogP contribution in [0.15, 0.2) is 0 Å². The van der Waals surface area contributed by atoms with Crippen LogP contribution < -0.4 is 0 Å². The van der Waals surface area contributed by atoms with Crippen molar-refractivity contribution in [3.05, 3.63) is 0 Å². The number of ketones is 1. The van der Waals surface area contributed by atoms with Gasteiger partial charge in [-0.2, -0.15) is 0 Å². The predicted molar refractivity (Wildman–Crippen MR) is 69.6 cm³/mol. The van der Waals surface area contributed by atoms with Crippen molar-refractivity contribution in [2.75, 3.05) is 17.3 Å². The Morgan fingerprint density at radius 1 is 1.07 bits per heavy atom. The molecule has 0 aromatic carbocycles. The van der Waals surface area contributed by atoms with Crippen molar-refractivity contribution in [3.63, 3.8) is 0 Å². The van der Waals surface area contributed by atoms with Gasteiger partial charge in [0.15, 0.2) is 11.5 Å². The van der Waals surface area contributed by atoms with Gasteiger partial charge in [0.05, 0.1) is 0 Å². The fourth-order valence-corrected chi connectivity index (χ4v) is 4.40. The smallest absolute Gasteiger partial charge is 0.181 e. The lowest BCUT2D eigenvalue weighted by Crippen LogP contribution is -2.25. The van der Waals surface area contributed by atoms with Gasteiger partial charge < -0.3 is 0 Å². The van der Waals surface area contributed by atoms with E-state index >= 15 is 0 Å². The van der Waals surface area contributed by atoms with Crippen molar-refractivity contribution in [3.8, 4) is 0 Å². The Bertz CT molecular complexity index is 173. The number of hydrogen-bond acceptors (Lipinski definition) is 1. The zero-order valence-corrected chi connectivity index (χ0v) is 10.9. The molecule has 1 rings (SSSR count). The first-order valence-corrected chi connectivity index (χ1v) is 8.22. The summed E-state index contributed by atoms with van der Waals surface area (Å²) >= 11 is 0. The third-order valence-electron chi connectivity index (χ3n) is 3.04. The monoisotopic (exact) mass is 229 g/mol. The highest BCUT2D eigenvalue weighted by atomic mass is 32.2. The van der Waals surface area contributed by atoms with Crippen molar-refractivity contribution in [2.24, 2.45) is 0 Å². The predicted octanol–water partition coefficient (Wildman–Crippen LogP) is 3.33. The molecule has 88 valence electrons. The number of hydrogen-bond donors (Lipinski definition) is 0. The molecule has 1 nitrogen and oxygen atoms in total. The minimum Gasteiger partial charge on any atom is -0.294 e. The van der Waals surface area contributed by atoms with Crippen molar-refractivity contribution in [2.45, 2.75) is 58.3 Å². The van der Waals surface area contributed by atoms with Gasteiger partial charge in [-0.3, -0.25) is 4.79 Å². The van der Waals surface area contributed by atoms with Crippen molar-refractivity contribution in [1.29, 1.82) is 0 Å². The summed E-state index contributed by atoms with van der Waals surface area (Å²) in [5, 5.41) is 0. The third kappa shape index (κ3) is 6.24. The Balaban J connectivity index is 2.01. The fourth-order valence-electron chi connectivity index (χ4n) is 2.08. The highest BCUT2D eigenvalue weighted by Crippen LogP contribution is 2.14. The summed E-state index contributed by atoms with van der Waals surface area (Å²) in [4.78, 5) is 11.7. The molecule has 15 heavy (non-hydrogen) atoms. The second-order valence-corrected chi connectivity index (χ2v) is 6.90. The molecule has 1 aliphatic rings. The average Bonchev–Trinajstić information content (AvgIpc) is 2.26. The van der Waals surface area contributed by atoms with Crippen LogP contribution >= 0.6 is 0 Å². The number of carbonyl (C=O) groups excluding carboxylic acids is 1. The van der Waals surface area contributed by atoms with Gasteiger partial charge in [-0.15, -0.1) is 0 Å². The van der Waals surface area contributed by atoms with Crippen LogP contribution in [0.5, 0.6) is 0 Å². The lowest BCUT2D eigenvalue weighted by Gasteiger charge is -2.12. The van der Waals surface area contributed by atoms with Crippen molar-refractivity contribution >= 4 is 16.7 Å². The zero-order chi connectivity index (χ0) is 10.9. The van der Waals surface area contributed by atoms with E-state index in [4.69, 9.17) is 0 Å². The minimum absolute atomic E-state index is 0.469. The SMILES string of the molecule is CCCCCCC(=O)C[S+]1CCCCC1. The number of Topliss-reactive ketones (excluding diaryl/α,β-unsaturated/α-hetero) is 1. The first-order chi connectivity index (χ1) is 7.33. The molecular weight excluding hydrogens is 204 g/mol. The highest BCUT2D eigenvalue weighted by Gasteiger charge is 2.24. The standard InChI is InChI=1S/C13H25OS/c1-2-3-4-6-9-13(14)12-15-10-7-5-8-11-15/h2-12H2,1H3/q+1. The van der Waals surface area contributed by atoms with E-state index in [1.165, 1.54) is 50.0 Å². The summed E-state index contributed by atoms with van der Waals surface area (Å²) < 4.78 is 0. The van der Waals surface area contributed by atoms with E-state index in [9.17, 15) is 4.79 Å². The molecule has 1 heterocycles. The fraction of sp³-hybridized carbons (Fsp3) is 0.923. The maximum atomic E-state index is 11.7. The van der Waals surface area contributed by atoms with E-state index in [-0.39, 0.29) is 0 Å². The van der Waals surface area contributed by atoms with Gasteiger partial charge in [0, 0.05) is 6.42 Å². The van der Waals surface area contributed by atoms with E-state index in [0.29, 0.717) is 16.7 Å². The van der Waals surface area contributed by atoms with Crippen LogP contribution in [0.4, 0.5) is 0 Å². The molecule has 0 atom stereocenters. The van der Waals surface area contributed by atoms with E-state index < -0.39 is 0 Å². The minimum atomic E-state index is 0.469. The molecule has 0 bridgehead atoms.